The van der Waals surface area contributed by atoms with E-state index in [2.05, 4.69) is 5.32 Å². The number of nitrogens with zero attached hydrogens (tertiary/aromatic N) is 1. The highest BCUT2D eigenvalue weighted by molar-refractivity contribution is 8.27. The van der Waals surface area contributed by atoms with Gasteiger partial charge in [0, 0.05) is 10.7 Å². The summed E-state index contributed by atoms with van der Waals surface area (Å²) in [4.78, 5) is 27.4. The number of ether oxygens (including phenoxy) is 2. The minimum Gasteiger partial charge on any atom is -0.493 e. The molecule has 4 rings (SSSR count). The number of methoxy groups -OCH3 is 1. The molecular weight excluding hydrogens is 539 g/mol. The molecule has 1 N–H and O–H groups in total. The summed E-state index contributed by atoms with van der Waals surface area (Å²) in [5, 5.41) is 3.51. The van der Waals surface area contributed by atoms with Gasteiger partial charge in [0.05, 0.1) is 22.7 Å². The molecule has 3 aromatic rings. The van der Waals surface area contributed by atoms with Gasteiger partial charge in [0.2, 0.25) is 0 Å². The summed E-state index contributed by atoms with van der Waals surface area (Å²) >= 11 is 19.0. The number of hydrogen-bond donors (Lipinski definition) is 1. The van der Waals surface area contributed by atoms with Crippen LogP contribution in [0.2, 0.25) is 10.0 Å². The SMILES string of the molecule is COc1cc(/C=C2\SC(=S)N(c3cccc(C)c3)C2=O)cc(Cl)c1OCC(=O)Nc1ccc(Cl)cc1. The Morgan fingerprint density at radius 3 is 2.58 bits per heavy atom. The minimum absolute atomic E-state index is 0.217. The van der Waals surface area contributed by atoms with Crippen LogP contribution in [0.25, 0.3) is 6.08 Å². The topological polar surface area (TPSA) is 67.9 Å². The van der Waals surface area contributed by atoms with E-state index in [1.54, 1.807) is 42.5 Å². The molecule has 1 fully saturated rings. The Kier molecular flexibility index (Phi) is 8.21. The molecular formula is C26H20Cl2N2O4S2. The average molecular weight is 559 g/mol. The predicted molar refractivity (Wildman–Crippen MR) is 150 cm³/mol. The summed E-state index contributed by atoms with van der Waals surface area (Å²) in [7, 11) is 1.47. The van der Waals surface area contributed by atoms with Crippen molar-refractivity contribution in [3.63, 3.8) is 0 Å². The molecule has 0 radical (unpaired) electrons. The first-order valence-corrected chi connectivity index (χ1v) is 12.6. The number of thiocarbonyl (C=S) groups is 1. The molecule has 0 aromatic heterocycles. The molecule has 0 atom stereocenters. The zero-order valence-electron chi connectivity index (χ0n) is 19.2. The van der Waals surface area contributed by atoms with Crippen molar-refractivity contribution in [2.45, 2.75) is 6.92 Å². The smallest absolute Gasteiger partial charge is 0.270 e. The van der Waals surface area contributed by atoms with Crippen molar-refractivity contribution in [2.75, 3.05) is 23.9 Å². The molecule has 36 heavy (non-hydrogen) atoms. The van der Waals surface area contributed by atoms with Crippen LogP contribution in [0.5, 0.6) is 11.5 Å². The van der Waals surface area contributed by atoms with E-state index in [9.17, 15) is 9.59 Å². The number of nitrogens with one attached hydrogen (secondary N) is 1. The number of amides is 2. The number of aryl methyl sites for hydroxylation is 1. The van der Waals surface area contributed by atoms with Gasteiger partial charge < -0.3 is 14.8 Å². The number of hydrogen-bond acceptors (Lipinski definition) is 6. The van der Waals surface area contributed by atoms with Crippen LogP contribution < -0.4 is 19.7 Å². The molecule has 0 saturated carbocycles. The second-order valence-corrected chi connectivity index (χ2v) is 10.3. The van der Waals surface area contributed by atoms with Gasteiger partial charge in [0.25, 0.3) is 11.8 Å². The van der Waals surface area contributed by atoms with Gasteiger partial charge in [0.15, 0.2) is 22.4 Å². The van der Waals surface area contributed by atoms with E-state index in [1.165, 1.54) is 23.8 Å². The Balaban J connectivity index is 1.50. The summed E-state index contributed by atoms with van der Waals surface area (Å²) in [6.07, 6.45) is 1.69. The summed E-state index contributed by atoms with van der Waals surface area (Å²) < 4.78 is 11.5. The third-order valence-electron chi connectivity index (χ3n) is 5.08. The molecule has 0 unspecified atom stereocenters. The van der Waals surface area contributed by atoms with E-state index in [-0.39, 0.29) is 29.2 Å². The van der Waals surface area contributed by atoms with Crippen molar-refractivity contribution in [1.29, 1.82) is 0 Å². The molecule has 1 heterocycles. The summed E-state index contributed by atoms with van der Waals surface area (Å²) in [6, 6.07) is 17.6. The summed E-state index contributed by atoms with van der Waals surface area (Å²) in [5.74, 6) is -0.0543. The third-order valence-corrected chi connectivity index (χ3v) is 6.91. The lowest BCUT2D eigenvalue weighted by atomic mass is 10.1. The second-order valence-electron chi connectivity index (χ2n) is 7.73. The van der Waals surface area contributed by atoms with Crippen molar-refractivity contribution in [3.05, 3.63) is 86.7 Å². The van der Waals surface area contributed by atoms with Crippen LogP contribution >= 0.6 is 47.2 Å². The van der Waals surface area contributed by atoms with Crippen LogP contribution in [0.4, 0.5) is 11.4 Å². The summed E-state index contributed by atoms with van der Waals surface area (Å²) in [5.41, 5.74) is 2.96. The first-order valence-electron chi connectivity index (χ1n) is 10.7. The fourth-order valence-electron chi connectivity index (χ4n) is 3.44. The number of halogens is 2. The van der Waals surface area contributed by atoms with Gasteiger partial charge in [-0.3, -0.25) is 14.5 Å². The maximum atomic E-state index is 13.1. The molecule has 0 aliphatic carbocycles. The molecule has 1 aliphatic heterocycles. The van der Waals surface area contributed by atoms with E-state index in [0.717, 1.165) is 11.3 Å². The third kappa shape index (κ3) is 6.02. The number of anilines is 2. The lowest BCUT2D eigenvalue weighted by Crippen LogP contribution is -2.27. The number of benzene rings is 3. The van der Waals surface area contributed by atoms with E-state index < -0.39 is 0 Å². The highest BCUT2D eigenvalue weighted by atomic mass is 35.5. The van der Waals surface area contributed by atoms with Crippen LogP contribution in [0.3, 0.4) is 0 Å². The second kappa shape index (κ2) is 11.3. The Morgan fingerprint density at radius 1 is 1.14 bits per heavy atom. The van der Waals surface area contributed by atoms with Gasteiger partial charge in [-0.1, -0.05) is 59.3 Å². The molecule has 3 aromatic carbocycles. The number of carbonyl (C=O) groups excluding carboxylic acids is 2. The van der Waals surface area contributed by atoms with Crippen LogP contribution in [-0.2, 0) is 9.59 Å². The van der Waals surface area contributed by atoms with Crippen LogP contribution in [-0.4, -0.2) is 29.9 Å². The maximum Gasteiger partial charge on any atom is 0.270 e. The highest BCUT2D eigenvalue weighted by Crippen LogP contribution is 2.40. The highest BCUT2D eigenvalue weighted by Gasteiger charge is 2.33. The molecule has 6 nitrogen and oxygen atoms in total. The standard InChI is InChI=1S/C26H20Cl2N2O4S2/c1-15-4-3-5-19(10-15)30-25(32)22(36-26(30)35)13-16-11-20(28)24(21(12-16)33-2)34-14-23(31)29-18-8-6-17(27)7-9-18/h3-13H,14H2,1-2H3,(H,29,31)/b22-13-. The van der Waals surface area contributed by atoms with E-state index >= 15 is 0 Å². The van der Waals surface area contributed by atoms with Crippen molar-refractivity contribution in [2.24, 2.45) is 0 Å². The number of thioether (sulfide) groups is 1. The zero-order chi connectivity index (χ0) is 25.8. The first-order chi connectivity index (χ1) is 17.2. The van der Waals surface area contributed by atoms with Crippen molar-refractivity contribution < 1.29 is 19.1 Å². The van der Waals surface area contributed by atoms with Gasteiger partial charge in [-0.05, 0) is 72.7 Å². The molecule has 0 spiro atoms. The van der Waals surface area contributed by atoms with Crippen LogP contribution in [0, 0.1) is 6.92 Å². The molecule has 184 valence electrons. The minimum atomic E-state index is -0.376. The maximum absolute atomic E-state index is 13.1. The fourth-order valence-corrected chi connectivity index (χ4v) is 5.14. The van der Waals surface area contributed by atoms with Gasteiger partial charge in [-0.25, -0.2) is 0 Å². The average Bonchev–Trinajstić information content (AvgIpc) is 3.12. The monoisotopic (exact) mass is 558 g/mol. The quantitative estimate of drug-likeness (QED) is 0.256. The Labute approximate surface area is 228 Å². The Bertz CT molecular complexity index is 1380. The zero-order valence-corrected chi connectivity index (χ0v) is 22.4. The van der Waals surface area contributed by atoms with E-state index in [0.29, 0.717) is 31.2 Å². The largest absolute Gasteiger partial charge is 0.493 e. The van der Waals surface area contributed by atoms with Crippen molar-refractivity contribution in [1.82, 2.24) is 0 Å². The lowest BCUT2D eigenvalue weighted by Gasteiger charge is -2.15. The lowest BCUT2D eigenvalue weighted by molar-refractivity contribution is -0.118. The molecule has 0 bridgehead atoms. The van der Waals surface area contributed by atoms with Crippen LogP contribution in [0.1, 0.15) is 11.1 Å². The van der Waals surface area contributed by atoms with Crippen LogP contribution in [0.15, 0.2) is 65.6 Å². The first kappa shape index (κ1) is 26.0. The van der Waals surface area contributed by atoms with E-state index in [1.807, 2.05) is 31.2 Å². The van der Waals surface area contributed by atoms with Gasteiger partial charge >= 0.3 is 0 Å². The molecule has 1 saturated heterocycles. The Hall–Kier alpha value is -3.04. The summed E-state index contributed by atoms with van der Waals surface area (Å²) in [6.45, 7) is 1.67. The van der Waals surface area contributed by atoms with E-state index in [4.69, 9.17) is 44.9 Å². The number of rotatable bonds is 7. The predicted octanol–water partition coefficient (Wildman–Crippen LogP) is 6.73. The molecule has 10 heteroatoms. The van der Waals surface area contributed by atoms with Crippen molar-refractivity contribution >= 4 is 80.8 Å². The normalized spacial score (nSPS) is 14.3. The molecule has 2 amide bonds. The van der Waals surface area contributed by atoms with Crippen molar-refractivity contribution in [3.8, 4) is 11.5 Å². The van der Waals surface area contributed by atoms with Gasteiger partial charge in [-0.15, -0.1) is 0 Å². The Morgan fingerprint density at radius 2 is 1.89 bits per heavy atom. The number of carbonyl (C=O) groups is 2. The fraction of sp³-hybridized carbons (Fsp3) is 0.115. The molecule has 1 aliphatic rings. The van der Waals surface area contributed by atoms with Gasteiger partial charge in [0.1, 0.15) is 0 Å². The van der Waals surface area contributed by atoms with Gasteiger partial charge in [-0.2, -0.15) is 0 Å².